The zero-order chi connectivity index (χ0) is 14.1. The Kier molecular flexibility index (Phi) is 3.37. The molecule has 3 aromatic rings. The average molecular weight is 304 g/mol. The van der Waals surface area contributed by atoms with Crippen molar-refractivity contribution in [2.24, 2.45) is 7.05 Å². The zero-order valence-corrected chi connectivity index (χ0v) is 12.6. The third-order valence-electron chi connectivity index (χ3n) is 2.77. The SMILES string of the molecule is Cc1ccc(-c2csc(NC(=O)c3ccnn3C)n2)s1. The zero-order valence-electron chi connectivity index (χ0n) is 11.0. The van der Waals surface area contributed by atoms with E-state index in [1.165, 1.54) is 20.9 Å². The molecule has 3 heterocycles. The van der Waals surface area contributed by atoms with Crippen LogP contribution in [0.15, 0.2) is 29.8 Å². The number of hydrogen-bond acceptors (Lipinski definition) is 5. The fourth-order valence-corrected chi connectivity index (χ4v) is 3.38. The number of thiazole rings is 1. The van der Waals surface area contributed by atoms with Crippen molar-refractivity contribution >= 4 is 33.7 Å². The minimum absolute atomic E-state index is 0.201. The molecule has 3 aromatic heterocycles. The van der Waals surface area contributed by atoms with Crippen molar-refractivity contribution in [2.45, 2.75) is 6.92 Å². The molecule has 20 heavy (non-hydrogen) atoms. The first kappa shape index (κ1) is 13.0. The normalized spacial score (nSPS) is 10.7. The van der Waals surface area contributed by atoms with E-state index in [0.717, 1.165) is 10.6 Å². The van der Waals surface area contributed by atoms with Crippen LogP contribution < -0.4 is 5.32 Å². The molecule has 0 unspecified atom stereocenters. The predicted molar refractivity (Wildman–Crippen MR) is 81.3 cm³/mol. The molecule has 0 fully saturated rings. The van der Waals surface area contributed by atoms with Gasteiger partial charge in [-0.3, -0.25) is 14.8 Å². The van der Waals surface area contributed by atoms with Crippen molar-refractivity contribution in [3.8, 4) is 10.6 Å². The summed E-state index contributed by atoms with van der Waals surface area (Å²) in [6, 6.07) is 5.78. The van der Waals surface area contributed by atoms with Gasteiger partial charge in [0.25, 0.3) is 5.91 Å². The first-order valence-electron chi connectivity index (χ1n) is 5.95. The molecule has 5 nitrogen and oxygen atoms in total. The highest BCUT2D eigenvalue weighted by molar-refractivity contribution is 7.17. The third kappa shape index (κ3) is 2.50. The van der Waals surface area contributed by atoms with Crippen molar-refractivity contribution in [2.75, 3.05) is 5.32 Å². The summed E-state index contributed by atoms with van der Waals surface area (Å²) in [4.78, 5) is 18.8. The molecular formula is C13H12N4OS2. The number of amides is 1. The van der Waals surface area contributed by atoms with Gasteiger partial charge in [0, 0.05) is 23.5 Å². The van der Waals surface area contributed by atoms with Gasteiger partial charge in [-0.05, 0) is 25.1 Å². The number of aromatic nitrogens is 3. The average Bonchev–Trinajstić information content (AvgIpc) is 3.10. The van der Waals surface area contributed by atoms with Crippen LogP contribution >= 0.6 is 22.7 Å². The number of nitrogens with zero attached hydrogens (tertiary/aromatic N) is 3. The van der Waals surface area contributed by atoms with Crippen LogP contribution in [0.1, 0.15) is 15.4 Å². The number of thiophene rings is 1. The summed E-state index contributed by atoms with van der Waals surface area (Å²) in [5.74, 6) is -0.201. The second-order valence-electron chi connectivity index (χ2n) is 4.24. The minimum atomic E-state index is -0.201. The Morgan fingerprint density at radius 1 is 1.35 bits per heavy atom. The molecule has 0 aliphatic carbocycles. The number of anilines is 1. The molecular weight excluding hydrogens is 292 g/mol. The number of rotatable bonds is 3. The second kappa shape index (κ2) is 5.18. The summed E-state index contributed by atoms with van der Waals surface area (Å²) in [6.45, 7) is 2.06. The monoisotopic (exact) mass is 304 g/mol. The van der Waals surface area contributed by atoms with E-state index in [4.69, 9.17) is 0 Å². The van der Waals surface area contributed by atoms with Crippen LogP contribution in [-0.4, -0.2) is 20.7 Å². The number of nitrogens with one attached hydrogen (secondary N) is 1. The van der Waals surface area contributed by atoms with E-state index >= 15 is 0 Å². The van der Waals surface area contributed by atoms with Gasteiger partial charge in [0.2, 0.25) is 0 Å². The molecule has 0 aromatic carbocycles. The van der Waals surface area contributed by atoms with Crippen molar-refractivity contribution in [3.63, 3.8) is 0 Å². The van der Waals surface area contributed by atoms with E-state index in [1.54, 1.807) is 30.6 Å². The molecule has 102 valence electrons. The highest BCUT2D eigenvalue weighted by Crippen LogP contribution is 2.30. The molecule has 0 saturated carbocycles. The number of carbonyl (C=O) groups is 1. The lowest BCUT2D eigenvalue weighted by molar-refractivity contribution is 0.101. The van der Waals surface area contributed by atoms with Crippen molar-refractivity contribution in [3.05, 3.63) is 40.3 Å². The van der Waals surface area contributed by atoms with Gasteiger partial charge in [0.05, 0.1) is 10.6 Å². The van der Waals surface area contributed by atoms with Crippen molar-refractivity contribution in [1.82, 2.24) is 14.8 Å². The standard InChI is InChI=1S/C13H12N4OS2/c1-8-3-4-11(20-8)9-7-19-13(15-9)16-12(18)10-5-6-14-17(10)2/h3-7H,1-2H3,(H,15,16,18). The smallest absolute Gasteiger partial charge is 0.275 e. The Morgan fingerprint density at radius 2 is 2.20 bits per heavy atom. The third-order valence-corrected chi connectivity index (χ3v) is 4.55. The Bertz CT molecular complexity index is 756. The maximum atomic E-state index is 12.0. The molecule has 3 rings (SSSR count). The quantitative estimate of drug-likeness (QED) is 0.808. The Hall–Kier alpha value is -1.99. The summed E-state index contributed by atoms with van der Waals surface area (Å²) in [5, 5.41) is 9.31. The van der Waals surface area contributed by atoms with Gasteiger partial charge in [-0.1, -0.05) is 0 Å². The van der Waals surface area contributed by atoms with E-state index in [-0.39, 0.29) is 5.91 Å². The lowest BCUT2D eigenvalue weighted by Crippen LogP contribution is -2.15. The Balaban J connectivity index is 1.78. The summed E-state index contributed by atoms with van der Waals surface area (Å²) in [5.41, 5.74) is 1.40. The highest BCUT2D eigenvalue weighted by Gasteiger charge is 2.13. The first-order valence-corrected chi connectivity index (χ1v) is 7.65. The molecule has 0 atom stereocenters. The maximum absolute atomic E-state index is 12.0. The Labute approximate surface area is 123 Å². The lowest BCUT2D eigenvalue weighted by atomic mass is 10.4. The fraction of sp³-hybridized carbons (Fsp3) is 0.154. The number of carbonyl (C=O) groups excluding carboxylic acids is 1. The van der Waals surface area contributed by atoms with Crippen LogP contribution in [0.25, 0.3) is 10.6 Å². The van der Waals surface area contributed by atoms with Crippen LogP contribution in [0.4, 0.5) is 5.13 Å². The molecule has 1 N–H and O–H groups in total. The summed E-state index contributed by atoms with van der Waals surface area (Å²) in [7, 11) is 1.73. The highest BCUT2D eigenvalue weighted by atomic mass is 32.1. The molecule has 1 amide bonds. The van der Waals surface area contributed by atoms with Crippen molar-refractivity contribution < 1.29 is 4.79 Å². The maximum Gasteiger partial charge on any atom is 0.275 e. The molecule has 0 aliphatic rings. The number of hydrogen-bond donors (Lipinski definition) is 1. The van der Waals surface area contributed by atoms with E-state index in [9.17, 15) is 4.79 Å². The van der Waals surface area contributed by atoms with Gasteiger partial charge >= 0.3 is 0 Å². The van der Waals surface area contributed by atoms with E-state index < -0.39 is 0 Å². The molecule has 0 saturated heterocycles. The van der Waals surface area contributed by atoms with Gasteiger partial charge in [-0.2, -0.15) is 5.10 Å². The van der Waals surface area contributed by atoms with Gasteiger partial charge in [-0.15, -0.1) is 22.7 Å². The molecule has 0 aliphatic heterocycles. The van der Waals surface area contributed by atoms with Gasteiger partial charge in [0.15, 0.2) is 5.13 Å². The van der Waals surface area contributed by atoms with E-state index in [0.29, 0.717) is 10.8 Å². The second-order valence-corrected chi connectivity index (χ2v) is 6.39. The summed E-state index contributed by atoms with van der Waals surface area (Å²) >= 11 is 3.11. The molecule has 0 spiro atoms. The van der Waals surface area contributed by atoms with E-state index in [2.05, 4.69) is 28.4 Å². The van der Waals surface area contributed by atoms with Crippen LogP contribution in [0, 0.1) is 6.92 Å². The Morgan fingerprint density at radius 3 is 2.85 bits per heavy atom. The minimum Gasteiger partial charge on any atom is -0.296 e. The summed E-state index contributed by atoms with van der Waals surface area (Å²) in [6.07, 6.45) is 1.59. The summed E-state index contributed by atoms with van der Waals surface area (Å²) < 4.78 is 1.53. The van der Waals surface area contributed by atoms with Crippen LogP contribution in [0.3, 0.4) is 0 Å². The van der Waals surface area contributed by atoms with Crippen LogP contribution in [-0.2, 0) is 7.05 Å². The van der Waals surface area contributed by atoms with E-state index in [1.807, 2.05) is 11.4 Å². The lowest BCUT2D eigenvalue weighted by Gasteiger charge is -2.01. The number of aryl methyl sites for hydroxylation is 2. The first-order chi connectivity index (χ1) is 9.63. The molecule has 7 heteroatoms. The predicted octanol–water partition coefficient (Wildman–Crippen LogP) is 3.17. The molecule has 0 radical (unpaired) electrons. The topological polar surface area (TPSA) is 59.8 Å². The van der Waals surface area contributed by atoms with Gasteiger partial charge in [0.1, 0.15) is 5.69 Å². The van der Waals surface area contributed by atoms with Gasteiger partial charge in [-0.25, -0.2) is 4.98 Å². The molecule has 0 bridgehead atoms. The van der Waals surface area contributed by atoms with Gasteiger partial charge < -0.3 is 0 Å². The van der Waals surface area contributed by atoms with Crippen LogP contribution in [0.5, 0.6) is 0 Å². The van der Waals surface area contributed by atoms with Crippen LogP contribution in [0.2, 0.25) is 0 Å². The fourth-order valence-electron chi connectivity index (χ4n) is 1.77. The largest absolute Gasteiger partial charge is 0.296 e. The van der Waals surface area contributed by atoms with Crippen molar-refractivity contribution in [1.29, 1.82) is 0 Å².